The fourth-order valence-corrected chi connectivity index (χ4v) is 3.00. The summed E-state index contributed by atoms with van der Waals surface area (Å²) in [5.74, 6) is -0.412. The van der Waals surface area contributed by atoms with Gasteiger partial charge in [-0.05, 0) is 38.5 Å². The zero-order valence-corrected chi connectivity index (χ0v) is 10.8. The first-order valence-electron chi connectivity index (χ1n) is 6.93. The molecule has 2 aliphatic carbocycles. The van der Waals surface area contributed by atoms with Crippen molar-refractivity contribution < 1.29 is 9.59 Å². The molecule has 4 nitrogen and oxygen atoms in total. The molecule has 1 saturated carbocycles. The van der Waals surface area contributed by atoms with Crippen LogP contribution in [0.25, 0.3) is 0 Å². The number of nitrogens with two attached hydrogens (primary N) is 1. The van der Waals surface area contributed by atoms with Gasteiger partial charge in [-0.3, -0.25) is 9.59 Å². The monoisotopic (exact) mass is 250 g/mol. The molecule has 0 aromatic heterocycles. The number of hydrogen-bond acceptors (Lipinski definition) is 2. The summed E-state index contributed by atoms with van der Waals surface area (Å²) in [5, 5.41) is 2.98. The molecule has 2 amide bonds. The van der Waals surface area contributed by atoms with Crippen molar-refractivity contribution >= 4 is 11.8 Å². The van der Waals surface area contributed by atoms with Gasteiger partial charge in [-0.2, -0.15) is 0 Å². The number of allylic oxidation sites excluding steroid dienone is 1. The second-order valence-electron chi connectivity index (χ2n) is 5.40. The van der Waals surface area contributed by atoms with Gasteiger partial charge in [0.1, 0.15) is 0 Å². The molecule has 2 rings (SSSR count). The summed E-state index contributed by atoms with van der Waals surface area (Å²) in [7, 11) is 0. The number of carbonyl (C=O) groups is 2. The van der Waals surface area contributed by atoms with Crippen LogP contribution in [0.1, 0.15) is 51.4 Å². The Morgan fingerprint density at radius 2 is 2.11 bits per heavy atom. The first kappa shape index (κ1) is 13.1. The molecule has 2 unspecified atom stereocenters. The molecule has 3 N–H and O–H groups in total. The van der Waals surface area contributed by atoms with Gasteiger partial charge < -0.3 is 11.1 Å². The third-order valence-electron chi connectivity index (χ3n) is 4.00. The van der Waals surface area contributed by atoms with E-state index in [2.05, 4.69) is 11.4 Å². The largest absolute Gasteiger partial charge is 0.369 e. The maximum atomic E-state index is 11.9. The van der Waals surface area contributed by atoms with Crippen LogP contribution in [-0.2, 0) is 9.59 Å². The molecule has 18 heavy (non-hydrogen) atoms. The van der Waals surface area contributed by atoms with Crippen molar-refractivity contribution in [3.05, 3.63) is 11.6 Å². The van der Waals surface area contributed by atoms with Crippen LogP contribution in [-0.4, -0.2) is 17.9 Å². The molecule has 0 heterocycles. The maximum Gasteiger partial charge on any atom is 0.224 e. The van der Waals surface area contributed by atoms with Gasteiger partial charge in [-0.25, -0.2) is 0 Å². The molecule has 0 aromatic rings. The van der Waals surface area contributed by atoms with Crippen LogP contribution in [0.4, 0.5) is 0 Å². The molecule has 2 aliphatic rings. The topological polar surface area (TPSA) is 72.2 Å². The Hall–Kier alpha value is -1.32. The number of rotatable bonds is 4. The first-order chi connectivity index (χ1) is 8.66. The summed E-state index contributed by atoms with van der Waals surface area (Å²) in [5.41, 5.74) is 6.59. The predicted molar refractivity (Wildman–Crippen MR) is 69.6 cm³/mol. The minimum absolute atomic E-state index is 0.0424. The Morgan fingerprint density at radius 1 is 1.28 bits per heavy atom. The van der Waals surface area contributed by atoms with Gasteiger partial charge in [0.05, 0.1) is 5.92 Å². The fourth-order valence-electron chi connectivity index (χ4n) is 3.00. The Balaban J connectivity index is 1.83. The summed E-state index contributed by atoms with van der Waals surface area (Å²) in [6, 6.07) is -0.0424. The Kier molecular flexibility index (Phi) is 4.39. The van der Waals surface area contributed by atoms with Crippen LogP contribution in [0.2, 0.25) is 0 Å². The van der Waals surface area contributed by atoms with Crippen LogP contribution >= 0.6 is 0 Å². The van der Waals surface area contributed by atoms with E-state index in [0.29, 0.717) is 6.42 Å². The Morgan fingerprint density at radius 3 is 2.78 bits per heavy atom. The van der Waals surface area contributed by atoms with E-state index in [0.717, 1.165) is 32.1 Å². The average molecular weight is 250 g/mol. The third-order valence-corrected chi connectivity index (χ3v) is 4.00. The molecule has 0 saturated heterocycles. The molecular formula is C14H22N2O2. The SMILES string of the molecule is NC(=O)C1CCCC1NC(=O)CC1=CCCCC1. The molecule has 100 valence electrons. The molecule has 0 spiro atoms. The van der Waals surface area contributed by atoms with Crippen molar-refractivity contribution in [3.63, 3.8) is 0 Å². The number of hydrogen-bond donors (Lipinski definition) is 2. The highest BCUT2D eigenvalue weighted by atomic mass is 16.2. The van der Waals surface area contributed by atoms with Crippen molar-refractivity contribution in [2.24, 2.45) is 11.7 Å². The van der Waals surface area contributed by atoms with Crippen molar-refractivity contribution in [2.45, 2.75) is 57.4 Å². The van der Waals surface area contributed by atoms with Gasteiger partial charge in [0.25, 0.3) is 0 Å². The minimum atomic E-state index is -0.283. The molecule has 2 atom stereocenters. The van der Waals surface area contributed by atoms with Gasteiger partial charge in [-0.15, -0.1) is 0 Å². The molecule has 4 heteroatoms. The lowest BCUT2D eigenvalue weighted by atomic mass is 9.96. The van der Waals surface area contributed by atoms with Crippen LogP contribution in [0.3, 0.4) is 0 Å². The minimum Gasteiger partial charge on any atom is -0.369 e. The number of nitrogens with one attached hydrogen (secondary N) is 1. The van der Waals surface area contributed by atoms with E-state index in [1.807, 2.05) is 0 Å². The number of carbonyl (C=O) groups excluding carboxylic acids is 2. The lowest BCUT2D eigenvalue weighted by molar-refractivity contribution is -0.124. The van der Waals surface area contributed by atoms with Crippen LogP contribution in [0, 0.1) is 5.92 Å². The van der Waals surface area contributed by atoms with E-state index >= 15 is 0 Å². The zero-order chi connectivity index (χ0) is 13.0. The summed E-state index contributed by atoms with van der Waals surface area (Å²) in [6.45, 7) is 0. The highest BCUT2D eigenvalue weighted by Crippen LogP contribution is 2.26. The Labute approximate surface area is 108 Å². The van der Waals surface area contributed by atoms with Gasteiger partial charge in [-0.1, -0.05) is 18.1 Å². The van der Waals surface area contributed by atoms with E-state index in [4.69, 9.17) is 5.73 Å². The first-order valence-corrected chi connectivity index (χ1v) is 6.93. The lowest BCUT2D eigenvalue weighted by Gasteiger charge is -2.19. The zero-order valence-electron chi connectivity index (χ0n) is 10.8. The van der Waals surface area contributed by atoms with Gasteiger partial charge in [0.15, 0.2) is 0 Å². The molecule has 0 aliphatic heterocycles. The quantitative estimate of drug-likeness (QED) is 0.745. The lowest BCUT2D eigenvalue weighted by Crippen LogP contribution is -2.42. The smallest absolute Gasteiger partial charge is 0.224 e. The summed E-state index contributed by atoms with van der Waals surface area (Å²) in [6.07, 6.45) is 9.88. The van der Waals surface area contributed by atoms with Crippen LogP contribution < -0.4 is 11.1 Å². The van der Waals surface area contributed by atoms with Crippen molar-refractivity contribution in [2.75, 3.05) is 0 Å². The molecule has 0 radical (unpaired) electrons. The van der Waals surface area contributed by atoms with E-state index in [9.17, 15) is 9.59 Å². The second kappa shape index (κ2) is 6.03. The predicted octanol–water partition coefficient (Wildman–Crippen LogP) is 1.65. The summed E-state index contributed by atoms with van der Waals surface area (Å²) in [4.78, 5) is 23.2. The molecule has 0 aromatic carbocycles. The molecular weight excluding hydrogens is 228 g/mol. The number of primary amides is 1. The third kappa shape index (κ3) is 3.34. The second-order valence-corrected chi connectivity index (χ2v) is 5.40. The van der Waals surface area contributed by atoms with Crippen LogP contribution in [0.15, 0.2) is 11.6 Å². The van der Waals surface area contributed by atoms with Crippen molar-refractivity contribution in [1.29, 1.82) is 0 Å². The van der Waals surface area contributed by atoms with E-state index in [1.165, 1.54) is 18.4 Å². The van der Waals surface area contributed by atoms with Crippen molar-refractivity contribution in [3.8, 4) is 0 Å². The van der Waals surface area contributed by atoms with E-state index < -0.39 is 0 Å². The summed E-state index contributed by atoms with van der Waals surface area (Å²) >= 11 is 0. The van der Waals surface area contributed by atoms with Gasteiger partial charge in [0, 0.05) is 12.5 Å². The van der Waals surface area contributed by atoms with E-state index in [1.54, 1.807) is 0 Å². The standard InChI is InChI=1S/C14H22N2O2/c15-14(18)11-7-4-8-12(11)16-13(17)9-10-5-2-1-3-6-10/h5,11-12H,1-4,6-9H2,(H2,15,18)(H,16,17). The molecule has 1 fully saturated rings. The van der Waals surface area contributed by atoms with Crippen LogP contribution in [0.5, 0.6) is 0 Å². The highest BCUT2D eigenvalue weighted by molar-refractivity contribution is 5.82. The van der Waals surface area contributed by atoms with Crippen molar-refractivity contribution in [1.82, 2.24) is 5.32 Å². The highest BCUT2D eigenvalue weighted by Gasteiger charge is 2.32. The van der Waals surface area contributed by atoms with E-state index in [-0.39, 0.29) is 23.8 Å². The Bertz CT molecular complexity index is 363. The summed E-state index contributed by atoms with van der Waals surface area (Å²) < 4.78 is 0. The number of amides is 2. The normalized spacial score (nSPS) is 27.7. The maximum absolute atomic E-state index is 11.9. The molecule has 0 bridgehead atoms. The fraction of sp³-hybridized carbons (Fsp3) is 0.714. The van der Waals surface area contributed by atoms with Gasteiger partial charge >= 0.3 is 0 Å². The average Bonchev–Trinajstić information content (AvgIpc) is 2.78. The van der Waals surface area contributed by atoms with Gasteiger partial charge in [0.2, 0.25) is 11.8 Å².